The molecule has 2 N–H and O–H groups in total. The van der Waals surface area contributed by atoms with Gasteiger partial charge in [-0.25, -0.2) is 8.42 Å². The summed E-state index contributed by atoms with van der Waals surface area (Å²) in [7, 11) is -3.27. The van der Waals surface area contributed by atoms with E-state index in [1.54, 1.807) is 31.2 Å². The highest BCUT2D eigenvalue weighted by molar-refractivity contribution is 9.10. The fourth-order valence-electron chi connectivity index (χ4n) is 1.53. The van der Waals surface area contributed by atoms with E-state index >= 15 is 0 Å². The lowest BCUT2D eigenvalue weighted by Crippen LogP contribution is -2.27. The summed E-state index contributed by atoms with van der Waals surface area (Å²) in [5, 5.41) is -0.457. The molecule has 0 aliphatic heterocycles. The molecule has 0 saturated carbocycles. The summed E-state index contributed by atoms with van der Waals surface area (Å²) >= 11 is 3.27. The molecule has 5 heteroatoms. The Morgan fingerprint density at radius 3 is 2.50 bits per heavy atom. The van der Waals surface area contributed by atoms with Gasteiger partial charge in [0.05, 0.1) is 10.1 Å². The van der Waals surface area contributed by atoms with Crippen LogP contribution < -0.4 is 5.73 Å². The maximum absolute atomic E-state index is 12.1. The van der Waals surface area contributed by atoms with Gasteiger partial charge in [-0.15, -0.1) is 0 Å². The van der Waals surface area contributed by atoms with Crippen LogP contribution in [0.15, 0.2) is 33.6 Å². The molecule has 3 nitrogen and oxygen atoms in total. The average Bonchev–Trinajstić information content (AvgIpc) is 2.16. The van der Waals surface area contributed by atoms with Crippen LogP contribution >= 0.6 is 15.9 Å². The van der Waals surface area contributed by atoms with Gasteiger partial charge in [0.15, 0.2) is 9.84 Å². The van der Waals surface area contributed by atoms with Gasteiger partial charge in [0, 0.05) is 10.5 Å². The first kappa shape index (κ1) is 13.7. The number of rotatable bonds is 4. The number of hydrogen-bond donors (Lipinski definition) is 1. The second-order valence-corrected chi connectivity index (χ2v) is 7.31. The molecule has 1 aromatic carbocycles. The number of halogens is 1. The lowest BCUT2D eigenvalue weighted by atomic mass is 10.2. The van der Waals surface area contributed by atoms with Crippen molar-refractivity contribution in [3.63, 3.8) is 0 Å². The van der Waals surface area contributed by atoms with Gasteiger partial charge in [-0.1, -0.05) is 22.0 Å². The van der Waals surface area contributed by atoms with Gasteiger partial charge in [0.2, 0.25) is 0 Å². The van der Waals surface area contributed by atoms with Crippen LogP contribution in [-0.4, -0.2) is 19.7 Å². The molecule has 0 aliphatic carbocycles. The minimum Gasteiger partial charge on any atom is -0.328 e. The van der Waals surface area contributed by atoms with E-state index in [0.29, 0.717) is 11.3 Å². The summed E-state index contributed by atoms with van der Waals surface area (Å²) in [4.78, 5) is 0.343. The van der Waals surface area contributed by atoms with E-state index in [1.165, 1.54) is 0 Å². The fourth-order valence-corrected chi connectivity index (χ4v) is 3.66. The highest BCUT2D eigenvalue weighted by atomic mass is 79.9. The summed E-state index contributed by atoms with van der Waals surface area (Å²) in [6, 6.07) is 6.63. The van der Waals surface area contributed by atoms with E-state index in [2.05, 4.69) is 15.9 Å². The summed E-state index contributed by atoms with van der Waals surface area (Å²) in [5.41, 5.74) is 5.62. The van der Waals surface area contributed by atoms with E-state index in [0.717, 1.165) is 4.47 Å². The van der Waals surface area contributed by atoms with Crippen LogP contribution in [0, 0.1) is 0 Å². The molecule has 1 aromatic rings. The van der Waals surface area contributed by atoms with Crippen LogP contribution in [0.3, 0.4) is 0 Å². The van der Waals surface area contributed by atoms with Crippen molar-refractivity contribution in [3.05, 3.63) is 28.7 Å². The predicted octanol–water partition coefficient (Wildman–Crippen LogP) is 2.35. The number of nitrogens with two attached hydrogens (primary N) is 1. The molecule has 16 heavy (non-hydrogen) atoms. The second-order valence-electron chi connectivity index (χ2n) is 4.03. The molecule has 0 heterocycles. The van der Waals surface area contributed by atoms with E-state index in [1.807, 2.05) is 6.92 Å². The zero-order valence-corrected chi connectivity index (χ0v) is 11.8. The number of benzene rings is 1. The van der Waals surface area contributed by atoms with Crippen LogP contribution in [0.1, 0.15) is 20.3 Å². The molecular formula is C11H16BrNO2S. The average molecular weight is 306 g/mol. The van der Waals surface area contributed by atoms with Crippen LogP contribution in [0.2, 0.25) is 0 Å². The van der Waals surface area contributed by atoms with Gasteiger partial charge in [0.25, 0.3) is 0 Å². The fraction of sp³-hybridized carbons (Fsp3) is 0.455. The minimum absolute atomic E-state index is 0.114. The molecule has 0 amide bonds. The van der Waals surface area contributed by atoms with Crippen LogP contribution in [0.25, 0.3) is 0 Å². The molecule has 90 valence electrons. The largest absolute Gasteiger partial charge is 0.328 e. The quantitative estimate of drug-likeness (QED) is 0.929. The van der Waals surface area contributed by atoms with Gasteiger partial charge in [-0.3, -0.25) is 0 Å². The Morgan fingerprint density at radius 1 is 1.38 bits per heavy atom. The zero-order chi connectivity index (χ0) is 12.3. The third-order valence-electron chi connectivity index (χ3n) is 2.36. The molecule has 2 unspecified atom stereocenters. The summed E-state index contributed by atoms with van der Waals surface area (Å²) < 4.78 is 25.1. The Labute approximate surface area is 105 Å². The van der Waals surface area contributed by atoms with Crippen LogP contribution in [-0.2, 0) is 9.84 Å². The van der Waals surface area contributed by atoms with Crippen molar-refractivity contribution in [2.45, 2.75) is 36.5 Å². The summed E-state index contributed by atoms with van der Waals surface area (Å²) in [6.45, 7) is 3.51. The standard InChI is InChI=1S/C11H16BrNO2S/c1-8(13)6-9(2)16(14,15)11-5-3-4-10(12)7-11/h3-5,7-9H,6,13H2,1-2H3. The Hall–Kier alpha value is -0.390. The summed E-state index contributed by atoms with van der Waals surface area (Å²) in [5.74, 6) is 0. The molecule has 0 saturated heterocycles. The Balaban J connectivity index is 3.02. The van der Waals surface area contributed by atoms with Crippen molar-refractivity contribution in [2.24, 2.45) is 5.73 Å². The first-order chi connectivity index (χ1) is 7.34. The van der Waals surface area contributed by atoms with Gasteiger partial charge < -0.3 is 5.73 Å². The molecule has 2 atom stereocenters. The molecule has 1 rings (SSSR count). The van der Waals surface area contributed by atoms with E-state index in [4.69, 9.17) is 5.73 Å². The Kier molecular flexibility index (Phi) is 4.52. The van der Waals surface area contributed by atoms with Crippen molar-refractivity contribution in [3.8, 4) is 0 Å². The molecule has 0 bridgehead atoms. The third-order valence-corrected chi connectivity index (χ3v) is 5.01. The Bertz CT molecular complexity index is 457. The highest BCUT2D eigenvalue weighted by Gasteiger charge is 2.24. The van der Waals surface area contributed by atoms with Crippen molar-refractivity contribution in [2.75, 3.05) is 0 Å². The van der Waals surface area contributed by atoms with E-state index in [-0.39, 0.29) is 6.04 Å². The molecule has 0 fully saturated rings. The molecule has 0 radical (unpaired) electrons. The van der Waals surface area contributed by atoms with Crippen LogP contribution in [0.5, 0.6) is 0 Å². The van der Waals surface area contributed by atoms with Gasteiger partial charge in [0.1, 0.15) is 0 Å². The first-order valence-corrected chi connectivity index (χ1v) is 7.43. The highest BCUT2D eigenvalue weighted by Crippen LogP contribution is 2.22. The predicted molar refractivity (Wildman–Crippen MR) is 69.1 cm³/mol. The van der Waals surface area contributed by atoms with E-state index < -0.39 is 15.1 Å². The Morgan fingerprint density at radius 2 is 2.00 bits per heavy atom. The van der Waals surface area contributed by atoms with Crippen molar-refractivity contribution in [1.82, 2.24) is 0 Å². The van der Waals surface area contributed by atoms with Crippen molar-refractivity contribution < 1.29 is 8.42 Å². The summed E-state index contributed by atoms with van der Waals surface area (Å²) in [6.07, 6.45) is 0.467. The smallest absolute Gasteiger partial charge is 0.181 e. The topological polar surface area (TPSA) is 60.2 Å². The van der Waals surface area contributed by atoms with Gasteiger partial charge >= 0.3 is 0 Å². The van der Waals surface area contributed by atoms with Gasteiger partial charge in [-0.2, -0.15) is 0 Å². The molecule has 0 aliphatic rings. The number of sulfone groups is 1. The van der Waals surface area contributed by atoms with Crippen molar-refractivity contribution >= 4 is 25.8 Å². The maximum atomic E-state index is 12.1. The zero-order valence-electron chi connectivity index (χ0n) is 9.35. The SMILES string of the molecule is CC(N)CC(C)S(=O)(=O)c1cccc(Br)c1. The monoisotopic (exact) mass is 305 g/mol. The molecule has 0 spiro atoms. The maximum Gasteiger partial charge on any atom is 0.181 e. The molecular weight excluding hydrogens is 290 g/mol. The number of hydrogen-bond acceptors (Lipinski definition) is 3. The first-order valence-electron chi connectivity index (χ1n) is 5.09. The van der Waals surface area contributed by atoms with Crippen LogP contribution in [0.4, 0.5) is 0 Å². The van der Waals surface area contributed by atoms with E-state index in [9.17, 15) is 8.42 Å². The third kappa shape index (κ3) is 3.30. The normalized spacial score (nSPS) is 15.8. The second kappa shape index (κ2) is 5.29. The lowest BCUT2D eigenvalue weighted by molar-refractivity contribution is 0.563. The minimum atomic E-state index is -3.27. The lowest BCUT2D eigenvalue weighted by Gasteiger charge is -2.15. The molecule has 0 aromatic heterocycles. The van der Waals surface area contributed by atoms with Gasteiger partial charge in [-0.05, 0) is 38.5 Å². The van der Waals surface area contributed by atoms with Crippen molar-refractivity contribution in [1.29, 1.82) is 0 Å².